The first kappa shape index (κ1) is 8.63. The van der Waals surface area contributed by atoms with E-state index < -0.39 is 0 Å². The molecule has 1 aromatic carbocycles. The third kappa shape index (κ3) is 2.57. The van der Waals surface area contributed by atoms with E-state index >= 15 is 0 Å². The third-order valence-corrected chi connectivity index (χ3v) is 2.21. The van der Waals surface area contributed by atoms with Gasteiger partial charge in [0.15, 0.2) is 8.46 Å². The van der Waals surface area contributed by atoms with Gasteiger partial charge in [-0.2, -0.15) is 0 Å². The van der Waals surface area contributed by atoms with Crippen LogP contribution in [0.25, 0.3) is 6.08 Å². The van der Waals surface area contributed by atoms with Crippen molar-refractivity contribution < 1.29 is 4.57 Å². The summed E-state index contributed by atoms with van der Waals surface area (Å²) in [6.45, 7) is 0. The Bertz CT molecular complexity index is 283. The quantitative estimate of drug-likeness (QED) is 0.706. The normalized spacial score (nSPS) is 11.0. The minimum atomic E-state index is 0.0410. The summed E-state index contributed by atoms with van der Waals surface area (Å²) in [7, 11) is 0.0410. The smallest absolute Gasteiger partial charge is 0.184 e. The van der Waals surface area contributed by atoms with Crippen LogP contribution in [-0.2, 0) is 4.57 Å². The molecule has 1 nitrogen and oxygen atoms in total. The number of benzene rings is 1. The molecule has 1 rings (SSSR count). The first-order valence-corrected chi connectivity index (χ1v) is 4.75. The molecule has 0 heterocycles. The van der Waals surface area contributed by atoms with Gasteiger partial charge in [0.1, 0.15) is 0 Å². The van der Waals surface area contributed by atoms with Gasteiger partial charge in [-0.05, 0) is 17.7 Å². The van der Waals surface area contributed by atoms with Crippen molar-refractivity contribution in [1.29, 1.82) is 0 Å². The molecule has 0 bridgehead atoms. The van der Waals surface area contributed by atoms with Crippen molar-refractivity contribution in [1.82, 2.24) is 0 Å². The molecule has 0 radical (unpaired) electrons. The summed E-state index contributed by atoms with van der Waals surface area (Å²) in [6.07, 6.45) is 1.80. The lowest BCUT2D eigenvalue weighted by Gasteiger charge is -1.93. The van der Waals surface area contributed by atoms with Crippen LogP contribution in [0.2, 0.25) is 0 Å². The van der Waals surface area contributed by atoms with Crippen LogP contribution < -0.4 is 0 Å². The van der Waals surface area contributed by atoms with Crippen LogP contribution in [0, 0.1) is 0 Å². The van der Waals surface area contributed by atoms with Crippen molar-refractivity contribution in [2.24, 2.45) is 0 Å². The fourth-order valence-corrected chi connectivity index (χ4v) is 1.36. The molecule has 3 heteroatoms. The fraction of sp³-hybridized carbons (Fsp3) is 0. The van der Waals surface area contributed by atoms with Crippen LogP contribution in [0.4, 0.5) is 0 Å². The summed E-state index contributed by atoms with van der Waals surface area (Å²) in [4.78, 5) is 0. The number of hydrogen-bond acceptors (Lipinski definition) is 1. The summed E-state index contributed by atoms with van der Waals surface area (Å²) in [5, 5.41) is 0. The third-order valence-electron chi connectivity index (χ3n) is 1.22. The van der Waals surface area contributed by atoms with Crippen molar-refractivity contribution in [3.8, 4) is 0 Å². The number of rotatable bonds is 2. The van der Waals surface area contributed by atoms with Crippen molar-refractivity contribution in [2.75, 3.05) is 0 Å². The summed E-state index contributed by atoms with van der Waals surface area (Å²) >= 11 is 3.37. The van der Waals surface area contributed by atoms with Crippen molar-refractivity contribution >= 4 is 30.5 Å². The summed E-state index contributed by atoms with van der Waals surface area (Å²) < 4.78 is 11.1. The van der Waals surface area contributed by atoms with Gasteiger partial charge in [0.2, 0.25) is 0 Å². The largest absolute Gasteiger partial charge is 0.270 e. The zero-order chi connectivity index (χ0) is 8.10. The molecule has 0 N–H and O–H groups in total. The molecule has 11 heavy (non-hydrogen) atoms. The van der Waals surface area contributed by atoms with Gasteiger partial charge in [-0.1, -0.05) is 34.1 Å². The summed E-state index contributed by atoms with van der Waals surface area (Å²) in [6, 6.07) is 7.77. The lowest BCUT2D eigenvalue weighted by atomic mass is 10.2. The van der Waals surface area contributed by atoms with E-state index in [9.17, 15) is 4.57 Å². The van der Waals surface area contributed by atoms with Gasteiger partial charge in [-0.15, -0.1) is 0 Å². The predicted molar refractivity (Wildman–Crippen MR) is 50.8 cm³/mol. The average molecular weight is 229 g/mol. The highest BCUT2D eigenvalue weighted by molar-refractivity contribution is 9.10. The second-order valence-electron chi connectivity index (χ2n) is 1.94. The molecule has 0 saturated heterocycles. The molecular formula is C8H6BrOP. The lowest BCUT2D eigenvalue weighted by molar-refractivity contribution is 0.603. The molecule has 0 aliphatic carbocycles. The maximum atomic E-state index is 10.1. The second kappa shape index (κ2) is 4.42. The molecule has 0 unspecified atom stereocenters. The molecule has 0 saturated carbocycles. The van der Waals surface area contributed by atoms with Crippen LogP contribution in [0.1, 0.15) is 5.56 Å². The molecule has 0 aliphatic rings. The van der Waals surface area contributed by atoms with Crippen LogP contribution in [0.5, 0.6) is 0 Å². The van der Waals surface area contributed by atoms with E-state index in [0.717, 1.165) is 10.0 Å². The molecule has 0 fully saturated rings. The molecule has 0 aliphatic heterocycles. The highest BCUT2D eigenvalue weighted by Gasteiger charge is 1.90. The Morgan fingerprint density at radius 2 is 2.09 bits per heavy atom. The van der Waals surface area contributed by atoms with E-state index in [2.05, 4.69) is 15.9 Å². The lowest BCUT2D eigenvalue weighted by Crippen LogP contribution is -1.71. The molecule has 0 spiro atoms. The molecule has 1 aromatic rings. The second-order valence-corrected chi connectivity index (χ2v) is 3.31. The summed E-state index contributed by atoms with van der Waals surface area (Å²) in [5.74, 6) is 1.57. The van der Waals surface area contributed by atoms with E-state index in [1.165, 1.54) is 0 Å². The van der Waals surface area contributed by atoms with E-state index in [1.54, 1.807) is 11.9 Å². The van der Waals surface area contributed by atoms with E-state index in [-0.39, 0.29) is 8.46 Å². The van der Waals surface area contributed by atoms with Gasteiger partial charge in [-0.3, -0.25) is 4.57 Å². The Morgan fingerprint density at radius 3 is 2.73 bits per heavy atom. The van der Waals surface area contributed by atoms with Gasteiger partial charge >= 0.3 is 0 Å². The zero-order valence-corrected chi connectivity index (χ0v) is 8.18. The number of hydrogen-bond donors (Lipinski definition) is 0. The Morgan fingerprint density at radius 1 is 1.36 bits per heavy atom. The van der Waals surface area contributed by atoms with Crippen LogP contribution >= 0.6 is 24.4 Å². The molecule has 0 aromatic heterocycles. The fourth-order valence-electron chi connectivity index (χ4n) is 0.721. The van der Waals surface area contributed by atoms with Gasteiger partial charge < -0.3 is 0 Å². The van der Waals surface area contributed by atoms with Gasteiger partial charge in [0.05, 0.1) is 0 Å². The first-order chi connectivity index (χ1) is 5.34. The van der Waals surface area contributed by atoms with Crippen molar-refractivity contribution in [3.05, 3.63) is 40.1 Å². The zero-order valence-electron chi connectivity index (χ0n) is 5.70. The Hall–Kier alpha value is -0.460. The standard InChI is InChI=1S/C8H6BrOP/c9-8-4-2-1-3-7(8)5-6-11-10/h1-6H. The van der Waals surface area contributed by atoms with E-state index in [4.69, 9.17) is 0 Å². The highest BCUT2D eigenvalue weighted by atomic mass is 79.9. The van der Waals surface area contributed by atoms with E-state index in [1.807, 2.05) is 24.3 Å². The molecule has 0 amide bonds. The molecular weight excluding hydrogens is 223 g/mol. The van der Waals surface area contributed by atoms with Gasteiger partial charge in [0.25, 0.3) is 0 Å². The molecule has 0 atom stereocenters. The Balaban J connectivity index is 2.94. The Labute approximate surface area is 75.5 Å². The van der Waals surface area contributed by atoms with Crippen molar-refractivity contribution in [2.45, 2.75) is 0 Å². The monoisotopic (exact) mass is 228 g/mol. The molecule has 56 valence electrons. The maximum Gasteiger partial charge on any atom is 0.184 e. The van der Waals surface area contributed by atoms with Gasteiger partial charge in [0, 0.05) is 10.3 Å². The van der Waals surface area contributed by atoms with Crippen LogP contribution in [0.15, 0.2) is 34.6 Å². The van der Waals surface area contributed by atoms with Gasteiger partial charge in [-0.25, -0.2) is 0 Å². The van der Waals surface area contributed by atoms with Crippen LogP contribution in [0.3, 0.4) is 0 Å². The van der Waals surface area contributed by atoms with E-state index in [0.29, 0.717) is 0 Å². The first-order valence-electron chi connectivity index (χ1n) is 3.08. The SMILES string of the molecule is O=PC=Cc1ccccc1Br. The Kier molecular flexibility index (Phi) is 3.47. The average Bonchev–Trinajstić information content (AvgIpc) is 2.03. The number of halogens is 1. The summed E-state index contributed by atoms with van der Waals surface area (Å²) in [5.41, 5.74) is 1.04. The minimum absolute atomic E-state index is 0.0410. The predicted octanol–water partition coefficient (Wildman–Crippen LogP) is 3.71. The highest BCUT2D eigenvalue weighted by Crippen LogP contribution is 2.17. The minimum Gasteiger partial charge on any atom is -0.270 e. The van der Waals surface area contributed by atoms with Crippen LogP contribution in [-0.4, -0.2) is 0 Å². The topological polar surface area (TPSA) is 17.1 Å². The maximum absolute atomic E-state index is 10.1. The van der Waals surface area contributed by atoms with Crippen molar-refractivity contribution in [3.63, 3.8) is 0 Å².